The number of aliphatic carboxylic acids is 1. The Kier molecular flexibility index (Phi) is 22.7. The summed E-state index contributed by atoms with van der Waals surface area (Å²) in [5.74, 6) is -2.58. The van der Waals surface area contributed by atoms with Crippen molar-refractivity contribution in [1.29, 1.82) is 0 Å². The van der Waals surface area contributed by atoms with Gasteiger partial charge in [-0.1, -0.05) is 122 Å². The van der Waals surface area contributed by atoms with E-state index in [1.807, 2.05) is 0 Å². The maximum absolute atomic E-state index is 12.2. The summed E-state index contributed by atoms with van der Waals surface area (Å²) in [6, 6.07) is 0. The summed E-state index contributed by atoms with van der Waals surface area (Å²) in [5.41, 5.74) is 0. The first kappa shape index (κ1) is 31.9. The van der Waals surface area contributed by atoms with Gasteiger partial charge < -0.3 is 14.6 Å². The smallest absolute Gasteiger partial charge is 0.550 e. The molecule has 1 fully saturated rings. The first-order chi connectivity index (χ1) is 15.2. The second-order valence-electron chi connectivity index (χ2n) is 9.64. The second kappa shape index (κ2) is 22.7. The van der Waals surface area contributed by atoms with Crippen LogP contribution in [0.2, 0.25) is 0 Å². The van der Waals surface area contributed by atoms with Crippen molar-refractivity contribution >= 4 is 11.9 Å². The molecule has 0 aliphatic heterocycles. The summed E-state index contributed by atoms with van der Waals surface area (Å²) in [6.07, 6.45) is 25.5. The van der Waals surface area contributed by atoms with Crippen LogP contribution in [0.15, 0.2) is 0 Å². The molecule has 2 unspecified atom stereocenters. The number of carbonyl (C=O) groups excluding carboxylic acids is 2. The fraction of sp³-hybridized carbons (Fsp3) is 0.926. The monoisotopic (exact) mass is 460 g/mol. The fourth-order valence-electron chi connectivity index (χ4n) is 4.80. The summed E-state index contributed by atoms with van der Waals surface area (Å²) in [5, 5.41) is 11.2. The molecule has 182 valence electrons. The zero-order chi connectivity index (χ0) is 22.6. The zero-order valence-electron chi connectivity index (χ0n) is 21.3. The van der Waals surface area contributed by atoms with Gasteiger partial charge in [-0.3, -0.25) is 4.79 Å². The second-order valence-corrected chi connectivity index (χ2v) is 9.64. The first-order valence-electron chi connectivity index (χ1n) is 13.5. The van der Waals surface area contributed by atoms with E-state index >= 15 is 0 Å². The van der Waals surface area contributed by atoms with Gasteiger partial charge in [-0.05, 0) is 19.3 Å². The van der Waals surface area contributed by atoms with Crippen LogP contribution in [0, 0.1) is 11.8 Å². The van der Waals surface area contributed by atoms with Crippen molar-refractivity contribution in [2.45, 2.75) is 142 Å². The van der Waals surface area contributed by atoms with Crippen LogP contribution in [0.3, 0.4) is 0 Å². The number of carboxylic acids is 1. The van der Waals surface area contributed by atoms with E-state index in [4.69, 9.17) is 4.74 Å². The van der Waals surface area contributed by atoms with Crippen molar-refractivity contribution in [2.75, 3.05) is 6.61 Å². The topological polar surface area (TPSA) is 66.4 Å². The van der Waals surface area contributed by atoms with E-state index in [2.05, 4.69) is 6.92 Å². The molecule has 2 atom stereocenters. The molecule has 1 aliphatic rings. The third-order valence-electron chi connectivity index (χ3n) is 6.86. The summed E-state index contributed by atoms with van der Waals surface area (Å²) in [4.78, 5) is 23.4. The molecule has 5 heteroatoms. The molecule has 0 aromatic carbocycles. The average Bonchev–Trinajstić information content (AvgIpc) is 2.78. The molecule has 0 bridgehead atoms. The van der Waals surface area contributed by atoms with E-state index < -0.39 is 17.8 Å². The number of hydrogen-bond acceptors (Lipinski definition) is 4. The molecular formula is C27H49NaO4. The molecule has 1 aliphatic carbocycles. The number of unbranched alkanes of at least 4 members (excludes halogenated alkanes) is 16. The number of ether oxygens (including phenoxy) is 1. The molecule has 0 heterocycles. The van der Waals surface area contributed by atoms with Crippen LogP contribution in [0.25, 0.3) is 0 Å². The third-order valence-corrected chi connectivity index (χ3v) is 6.86. The molecule has 0 amide bonds. The fourth-order valence-corrected chi connectivity index (χ4v) is 4.80. The Balaban J connectivity index is 0.00000961. The minimum atomic E-state index is -1.10. The van der Waals surface area contributed by atoms with Crippen LogP contribution in [-0.2, 0) is 14.3 Å². The quantitative estimate of drug-likeness (QED) is 0.158. The minimum Gasteiger partial charge on any atom is -0.550 e. The van der Waals surface area contributed by atoms with E-state index in [1.54, 1.807) is 0 Å². The number of carbonyl (C=O) groups is 2. The number of carboxylic acid groups (broad SMARTS) is 1. The number of hydrogen-bond donors (Lipinski definition) is 0. The maximum Gasteiger partial charge on any atom is 1.00 e. The molecule has 0 N–H and O–H groups in total. The van der Waals surface area contributed by atoms with E-state index in [1.165, 1.54) is 96.3 Å². The molecule has 1 saturated carbocycles. The predicted molar refractivity (Wildman–Crippen MR) is 126 cm³/mol. The first-order valence-corrected chi connectivity index (χ1v) is 13.5. The summed E-state index contributed by atoms with van der Waals surface area (Å²) in [7, 11) is 0. The van der Waals surface area contributed by atoms with Gasteiger partial charge in [0.1, 0.15) is 0 Å². The van der Waals surface area contributed by atoms with Crippen molar-refractivity contribution in [3.05, 3.63) is 0 Å². The molecule has 0 aromatic rings. The molecule has 1 rings (SSSR count). The Labute approximate surface area is 220 Å². The van der Waals surface area contributed by atoms with Crippen LogP contribution in [0.5, 0.6) is 0 Å². The van der Waals surface area contributed by atoms with E-state index in [-0.39, 0.29) is 35.5 Å². The molecule has 0 spiro atoms. The van der Waals surface area contributed by atoms with Crippen LogP contribution < -0.4 is 34.7 Å². The van der Waals surface area contributed by atoms with Crippen molar-refractivity contribution < 1.29 is 49.0 Å². The van der Waals surface area contributed by atoms with Gasteiger partial charge in [-0.25, -0.2) is 0 Å². The van der Waals surface area contributed by atoms with Crippen molar-refractivity contribution in [3.8, 4) is 0 Å². The molecule has 0 radical (unpaired) electrons. The SMILES string of the molecule is CCCCCCCCCCCCCCCCCCCOC(=O)C1CCCCC1C(=O)[O-].[Na+]. The van der Waals surface area contributed by atoms with E-state index in [0.29, 0.717) is 19.4 Å². The summed E-state index contributed by atoms with van der Waals surface area (Å²) in [6.45, 7) is 2.70. The Morgan fingerprint density at radius 3 is 1.44 bits per heavy atom. The van der Waals surface area contributed by atoms with Crippen LogP contribution in [0.4, 0.5) is 0 Å². The van der Waals surface area contributed by atoms with E-state index in [0.717, 1.165) is 25.7 Å². The van der Waals surface area contributed by atoms with Gasteiger partial charge in [0.05, 0.1) is 12.5 Å². The average molecular weight is 461 g/mol. The van der Waals surface area contributed by atoms with Gasteiger partial charge in [-0.15, -0.1) is 0 Å². The Morgan fingerprint density at radius 2 is 1.03 bits per heavy atom. The van der Waals surface area contributed by atoms with Gasteiger partial charge >= 0.3 is 35.5 Å². The number of rotatable bonds is 20. The van der Waals surface area contributed by atoms with Gasteiger partial charge in [0, 0.05) is 11.9 Å². The van der Waals surface area contributed by atoms with Crippen molar-refractivity contribution in [1.82, 2.24) is 0 Å². The van der Waals surface area contributed by atoms with Crippen molar-refractivity contribution in [2.24, 2.45) is 11.8 Å². The van der Waals surface area contributed by atoms with Crippen LogP contribution in [-0.4, -0.2) is 18.5 Å². The molecule has 32 heavy (non-hydrogen) atoms. The summed E-state index contributed by atoms with van der Waals surface area (Å²) < 4.78 is 5.36. The van der Waals surface area contributed by atoms with Gasteiger partial charge in [-0.2, -0.15) is 0 Å². The van der Waals surface area contributed by atoms with Crippen LogP contribution >= 0.6 is 0 Å². The van der Waals surface area contributed by atoms with Gasteiger partial charge in [0.2, 0.25) is 0 Å². The zero-order valence-corrected chi connectivity index (χ0v) is 23.3. The molecule has 0 aromatic heterocycles. The third kappa shape index (κ3) is 16.5. The summed E-state index contributed by atoms with van der Waals surface area (Å²) >= 11 is 0. The van der Waals surface area contributed by atoms with Crippen LogP contribution in [0.1, 0.15) is 142 Å². The molecular weight excluding hydrogens is 411 g/mol. The van der Waals surface area contributed by atoms with Crippen molar-refractivity contribution in [3.63, 3.8) is 0 Å². The Bertz CT molecular complexity index is 455. The number of esters is 1. The normalized spacial score (nSPS) is 18.2. The van der Waals surface area contributed by atoms with Gasteiger partial charge in [0.15, 0.2) is 0 Å². The van der Waals surface area contributed by atoms with Gasteiger partial charge in [0.25, 0.3) is 0 Å². The molecule has 4 nitrogen and oxygen atoms in total. The minimum absolute atomic E-state index is 0. The van der Waals surface area contributed by atoms with E-state index in [9.17, 15) is 14.7 Å². The Hall–Kier alpha value is -0.0600. The Morgan fingerprint density at radius 1 is 0.656 bits per heavy atom. The predicted octanol–water partition coefficient (Wildman–Crippen LogP) is 3.74. The molecule has 0 saturated heterocycles. The largest absolute Gasteiger partial charge is 1.00 e. The maximum atomic E-state index is 12.2. The standard InChI is InChI=1S/C27H50O4.Na/c1-2-3-4-5-6-7-8-9-10-11-12-13-14-15-16-17-20-23-31-27(30)25-22-19-18-21-24(25)26(28)29;/h24-25H,2-23H2,1H3,(H,28,29);/q;+1/p-1.